The number of carbonyl (C=O) groups is 2. The van der Waals surface area contributed by atoms with Gasteiger partial charge in [0.15, 0.2) is 5.17 Å². The van der Waals surface area contributed by atoms with E-state index in [1.165, 1.54) is 12.1 Å². The molecule has 2 atom stereocenters. The molecule has 2 aromatic carbocycles. The molecule has 3 N–H and O–H groups in total. The molecule has 2 aliphatic rings. The highest BCUT2D eigenvalue weighted by molar-refractivity contribution is 8.14. The van der Waals surface area contributed by atoms with Gasteiger partial charge in [0, 0.05) is 36.8 Å². The van der Waals surface area contributed by atoms with Crippen LogP contribution < -0.4 is 16.0 Å². The van der Waals surface area contributed by atoms with Crippen molar-refractivity contribution in [2.75, 3.05) is 25.0 Å². The zero-order valence-electron chi connectivity index (χ0n) is 18.1. The molecule has 172 valence electrons. The number of amides is 2. The highest BCUT2D eigenvalue weighted by Crippen LogP contribution is 2.48. The van der Waals surface area contributed by atoms with Gasteiger partial charge in [0.25, 0.3) is 11.8 Å². The van der Waals surface area contributed by atoms with Crippen molar-refractivity contribution in [2.45, 2.75) is 4.75 Å². The molecule has 1 saturated heterocycles. The molecule has 0 saturated carbocycles. The first-order valence-corrected chi connectivity index (χ1v) is 11.7. The molecule has 2 amide bonds. The molecule has 3 aromatic rings. The first-order chi connectivity index (χ1) is 16.5. The number of halogens is 1. The topological polar surface area (TPSA) is 95.5 Å². The Morgan fingerprint density at radius 3 is 2.68 bits per heavy atom. The van der Waals surface area contributed by atoms with Gasteiger partial charge in [-0.15, -0.1) is 0 Å². The number of pyridine rings is 1. The monoisotopic (exact) mass is 475 g/mol. The number of nitrogens with zero attached hydrogens (tertiary/aromatic N) is 2. The third-order valence-electron chi connectivity index (χ3n) is 6.00. The largest absolute Gasteiger partial charge is 0.321 e. The maximum atomic E-state index is 13.1. The van der Waals surface area contributed by atoms with Crippen LogP contribution in [0.15, 0.2) is 77.9 Å². The van der Waals surface area contributed by atoms with Crippen molar-refractivity contribution < 1.29 is 14.0 Å². The van der Waals surface area contributed by atoms with Crippen molar-refractivity contribution in [1.29, 1.82) is 0 Å². The standard InChI is InChI=1S/C25H22FN5O2S/c26-19-9-10-21(28-14-19)23(33)30-20-8-4-7-17(11-20)25-15-27-12-18(25)13-29-24(34-25)31-22(32)16-5-2-1-3-6-16/h1-11,14,18,27H,12-13,15H2,(H,30,33)(H,29,31,32)/t18-,25-/m1/s1. The molecule has 2 aliphatic heterocycles. The predicted molar refractivity (Wildman–Crippen MR) is 130 cm³/mol. The molecular weight excluding hydrogens is 453 g/mol. The molecule has 9 heteroatoms. The lowest BCUT2D eigenvalue weighted by atomic mass is 9.87. The number of aliphatic imine (C=N–C) groups is 1. The lowest BCUT2D eigenvalue weighted by Crippen LogP contribution is -2.42. The van der Waals surface area contributed by atoms with Crippen LogP contribution >= 0.6 is 11.8 Å². The van der Waals surface area contributed by atoms with Crippen LogP contribution in [0.25, 0.3) is 0 Å². The minimum atomic E-state index is -0.497. The van der Waals surface area contributed by atoms with E-state index in [0.29, 0.717) is 29.5 Å². The third-order valence-corrected chi connectivity index (χ3v) is 7.50. The second kappa shape index (κ2) is 9.36. The SMILES string of the molecule is O=C(NC1=NC[C@H]2CNC[C@]2(c2cccc(NC(=O)c3ccc(F)cn3)c2)S1)c1ccccc1. The van der Waals surface area contributed by atoms with E-state index in [2.05, 4.69) is 25.9 Å². The van der Waals surface area contributed by atoms with E-state index in [-0.39, 0.29) is 22.3 Å². The first-order valence-electron chi connectivity index (χ1n) is 10.9. The van der Waals surface area contributed by atoms with Crippen molar-refractivity contribution in [3.63, 3.8) is 0 Å². The smallest absolute Gasteiger partial charge is 0.274 e. The van der Waals surface area contributed by atoms with Crippen LogP contribution in [0, 0.1) is 11.7 Å². The highest BCUT2D eigenvalue weighted by Gasteiger charge is 2.48. The van der Waals surface area contributed by atoms with E-state index in [1.54, 1.807) is 30.0 Å². The van der Waals surface area contributed by atoms with Crippen molar-refractivity contribution in [1.82, 2.24) is 15.6 Å². The second-order valence-electron chi connectivity index (χ2n) is 8.18. The van der Waals surface area contributed by atoms with Crippen LogP contribution in [0.1, 0.15) is 26.4 Å². The van der Waals surface area contributed by atoms with Gasteiger partial charge in [-0.3, -0.25) is 14.6 Å². The maximum Gasteiger partial charge on any atom is 0.274 e. The summed E-state index contributed by atoms with van der Waals surface area (Å²) in [6.07, 6.45) is 1.02. The average molecular weight is 476 g/mol. The molecule has 1 fully saturated rings. The molecule has 34 heavy (non-hydrogen) atoms. The highest BCUT2D eigenvalue weighted by atomic mass is 32.2. The van der Waals surface area contributed by atoms with E-state index in [4.69, 9.17) is 0 Å². The van der Waals surface area contributed by atoms with Crippen LogP contribution in [-0.2, 0) is 4.75 Å². The number of aromatic nitrogens is 1. The van der Waals surface area contributed by atoms with Gasteiger partial charge in [-0.25, -0.2) is 9.37 Å². The van der Waals surface area contributed by atoms with Crippen molar-refractivity contribution in [3.8, 4) is 0 Å². The molecule has 1 aromatic heterocycles. The van der Waals surface area contributed by atoms with E-state index in [1.807, 2.05) is 36.4 Å². The number of anilines is 1. The molecule has 0 aliphatic carbocycles. The Bertz CT molecular complexity index is 1250. The van der Waals surface area contributed by atoms with Crippen LogP contribution in [-0.4, -0.2) is 41.6 Å². The number of thioether (sulfide) groups is 1. The Hall–Kier alpha value is -3.56. The van der Waals surface area contributed by atoms with Crippen LogP contribution in [0.2, 0.25) is 0 Å². The van der Waals surface area contributed by atoms with Crippen LogP contribution in [0.5, 0.6) is 0 Å². The van der Waals surface area contributed by atoms with E-state index >= 15 is 0 Å². The second-order valence-corrected chi connectivity index (χ2v) is 9.50. The minimum absolute atomic E-state index is 0.135. The summed E-state index contributed by atoms with van der Waals surface area (Å²) in [5.41, 5.74) is 2.35. The fourth-order valence-corrected chi connectivity index (χ4v) is 5.63. The van der Waals surface area contributed by atoms with Crippen LogP contribution in [0.3, 0.4) is 0 Å². The summed E-state index contributed by atoms with van der Waals surface area (Å²) < 4.78 is 12.8. The lowest BCUT2D eigenvalue weighted by molar-refractivity contribution is 0.0976. The maximum absolute atomic E-state index is 13.1. The van der Waals surface area contributed by atoms with Crippen molar-refractivity contribution >= 4 is 34.4 Å². The number of nitrogens with one attached hydrogen (secondary N) is 3. The number of carbonyl (C=O) groups excluding carboxylic acids is 2. The zero-order valence-corrected chi connectivity index (χ0v) is 18.9. The Morgan fingerprint density at radius 1 is 1.03 bits per heavy atom. The number of hydrogen-bond acceptors (Lipinski definition) is 6. The Morgan fingerprint density at radius 2 is 1.88 bits per heavy atom. The van der Waals surface area contributed by atoms with Crippen molar-refractivity contribution in [2.24, 2.45) is 10.9 Å². The van der Waals surface area contributed by atoms with E-state index < -0.39 is 11.7 Å². The zero-order chi connectivity index (χ0) is 23.5. The molecule has 5 rings (SSSR count). The van der Waals surface area contributed by atoms with Crippen molar-refractivity contribution in [3.05, 3.63) is 95.6 Å². The van der Waals surface area contributed by atoms with Gasteiger partial charge in [0.2, 0.25) is 0 Å². The summed E-state index contributed by atoms with van der Waals surface area (Å²) in [6.45, 7) is 2.10. The van der Waals surface area contributed by atoms with Gasteiger partial charge in [-0.05, 0) is 42.0 Å². The first kappa shape index (κ1) is 22.2. The summed E-state index contributed by atoms with van der Waals surface area (Å²) in [5.74, 6) is -0.869. The summed E-state index contributed by atoms with van der Waals surface area (Å²) in [4.78, 5) is 33.7. The van der Waals surface area contributed by atoms with Gasteiger partial charge in [0.1, 0.15) is 11.5 Å². The molecule has 0 spiro atoms. The fourth-order valence-electron chi connectivity index (χ4n) is 4.26. The molecule has 0 bridgehead atoms. The summed E-state index contributed by atoms with van der Waals surface area (Å²) in [6, 6.07) is 19.3. The minimum Gasteiger partial charge on any atom is -0.321 e. The Balaban J connectivity index is 1.36. The molecule has 0 unspecified atom stereocenters. The summed E-state index contributed by atoms with van der Waals surface area (Å²) in [7, 11) is 0. The van der Waals surface area contributed by atoms with Gasteiger partial charge >= 0.3 is 0 Å². The molecule has 3 heterocycles. The van der Waals surface area contributed by atoms with Crippen LogP contribution in [0.4, 0.5) is 10.1 Å². The third kappa shape index (κ3) is 4.44. The Kier molecular flexibility index (Phi) is 6.12. The van der Waals surface area contributed by atoms with E-state index in [9.17, 15) is 14.0 Å². The molecule has 7 nitrogen and oxygen atoms in total. The number of amidine groups is 1. The van der Waals surface area contributed by atoms with E-state index in [0.717, 1.165) is 18.3 Å². The quantitative estimate of drug-likeness (QED) is 0.538. The number of benzene rings is 2. The molecular formula is C25H22FN5O2S. The predicted octanol–water partition coefficient (Wildman–Crippen LogP) is 3.42. The normalized spacial score (nSPS) is 21.3. The summed E-state index contributed by atoms with van der Waals surface area (Å²) in [5, 5.41) is 9.84. The fraction of sp³-hybridized carbons (Fsp3) is 0.200. The average Bonchev–Trinajstić information content (AvgIpc) is 3.30. The van der Waals surface area contributed by atoms with Gasteiger partial charge < -0.3 is 16.0 Å². The van der Waals surface area contributed by atoms with Gasteiger partial charge in [-0.2, -0.15) is 0 Å². The number of rotatable bonds is 4. The van der Waals surface area contributed by atoms with Gasteiger partial charge in [-0.1, -0.05) is 42.1 Å². The van der Waals surface area contributed by atoms with Gasteiger partial charge in [0.05, 0.1) is 10.9 Å². The Labute approximate surface area is 200 Å². The number of hydrogen-bond donors (Lipinski definition) is 3. The molecule has 0 radical (unpaired) electrons. The lowest BCUT2D eigenvalue weighted by Gasteiger charge is -2.37. The number of fused-ring (bicyclic) bond motifs is 1. The summed E-state index contributed by atoms with van der Waals surface area (Å²) >= 11 is 1.54.